The van der Waals surface area contributed by atoms with E-state index in [0.29, 0.717) is 10.7 Å². The Hall–Kier alpha value is -2.08. The van der Waals surface area contributed by atoms with Crippen molar-refractivity contribution in [1.29, 1.82) is 0 Å². The number of hydrogen-bond donors (Lipinski definition) is 1. The van der Waals surface area contributed by atoms with Crippen molar-refractivity contribution < 1.29 is 9.53 Å². The number of carbonyl (C=O) groups excluding carboxylic acids is 1. The molecule has 0 aliphatic carbocycles. The van der Waals surface area contributed by atoms with Crippen LogP contribution in [0.4, 0.5) is 4.79 Å². The van der Waals surface area contributed by atoms with E-state index >= 15 is 0 Å². The van der Waals surface area contributed by atoms with E-state index in [1.54, 1.807) is 23.0 Å². The first-order valence-corrected chi connectivity index (χ1v) is 6.85. The molecule has 0 atom stereocenters. The number of hydrogen-bond acceptors (Lipinski definition) is 4. The summed E-state index contributed by atoms with van der Waals surface area (Å²) in [6.07, 6.45) is 1.25. The van der Waals surface area contributed by atoms with Gasteiger partial charge in [0.2, 0.25) is 0 Å². The Morgan fingerprint density at radius 3 is 2.62 bits per heavy atom. The number of amides is 1. The molecule has 1 aromatic heterocycles. The van der Waals surface area contributed by atoms with E-state index in [0.717, 1.165) is 5.69 Å². The molecule has 0 bridgehead atoms. The zero-order valence-corrected chi connectivity index (χ0v) is 12.9. The molecular weight excluding hydrogens is 292 g/mol. The molecule has 0 aliphatic rings. The lowest BCUT2D eigenvalue weighted by Crippen LogP contribution is -2.32. The van der Waals surface area contributed by atoms with Crippen LogP contribution in [0.15, 0.2) is 30.5 Å². The quantitative estimate of drug-likeness (QED) is 0.946. The number of carbonyl (C=O) groups is 1. The van der Waals surface area contributed by atoms with Gasteiger partial charge >= 0.3 is 6.09 Å². The van der Waals surface area contributed by atoms with Gasteiger partial charge in [-0.05, 0) is 45.0 Å². The summed E-state index contributed by atoms with van der Waals surface area (Å²) in [4.78, 5) is 11.5. The van der Waals surface area contributed by atoms with Crippen LogP contribution in [0.1, 0.15) is 26.5 Å². The monoisotopic (exact) mass is 308 g/mol. The van der Waals surface area contributed by atoms with Crippen molar-refractivity contribution in [1.82, 2.24) is 20.3 Å². The summed E-state index contributed by atoms with van der Waals surface area (Å²) < 4.78 is 6.76. The fourth-order valence-corrected chi connectivity index (χ4v) is 1.70. The Bertz CT molecular complexity index is 617. The van der Waals surface area contributed by atoms with Gasteiger partial charge in [0.25, 0.3) is 0 Å². The summed E-state index contributed by atoms with van der Waals surface area (Å²) in [6, 6.07) is 7.22. The van der Waals surface area contributed by atoms with Crippen LogP contribution in [-0.2, 0) is 11.3 Å². The maximum atomic E-state index is 11.5. The normalized spacial score (nSPS) is 11.2. The van der Waals surface area contributed by atoms with Crippen molar-refractivity contribution in [3.63, 3.8) is 0 Å². The molecule has 2 rings (SSSR count). The van der Waals surface area contributed by atoms with Crippen LogP contribution in [0.2, 0.25) is 5.02 Å². The van der Waals surface area contributed by atoms with Crippen molar-refractivity contribution in [3.05, 3.63) is 41.2 Å². The van der Waals surface area contributed by atoms with Crippen molar-refractivity contribution in [2.75, 3.05) is 0 Å². The van der Waals surface area contributed by atoms with E-state index in [4.69, 9.17) is 16.3 Å². The second-order valence-electron chi connectivity index (χ2n) is 5.49. The van der Waals surface area contributed by atoms with Gasteiger partial charge in [0.1, 0.15) is 11.3 Å². The van der Waals surface area contributed by atoms with Crippen LogP contribution in [0.3, 0.4) is 0 Å². The Balaban J connectivity index is 1.94. The summed E-state index contributed by atoms with van der Waals surface area (Å²) >= 11 is 5.83. The van der Waals surface area contributed by atoms with Gasteiger partial charge in [0, 0.05) is 5.02 Å². The molecule has 0 saturated heterocycles. The average molecular weight is 309 g/mol. The van der Waals surface area contributed by atoms with E-state index in [9.17, 15) is 4.79 Å². The predicted octanol–water partition coefficient (Wildman–Crippen LogP) is 2.95. The van der Waals surface area contributed by atoms with E-state index in [2.05, 4.69) is 15.6 Å². The van der Waals surface area contributed by atoms with Gasteiger partial charge in [-0.1, -0.05) is 16.8 Å². The van der Waals surface area contributed by atoms with Crippen LogP contribution in [0.5, 0.6) is 0 Å². The van der Waals surface area contributed by atoms with Crippen LogP contribution >= 0.6 is 11.6 Å². The highest BCUT2D eigenvalue weighted by molar-refractivity contribution is 6.30. The summed E-state index contributed by atoms with van der Waals surface area (Å²) in [5, 5.41) is 11.3. The fraction of sp³-hybridized carbons (Fsp3) is 0.357. The maximum Gasteiger partial charge on any atom is 0.407 e. The number of nitrogens with one attached hydrogen (secondary N) is 1. The van der Waals surface area contributed by atoms with Crippen molar-refractivity contribution >= 4 is 17.7 Å². The fourth-order valence-electron chi connectivity index (χ4n) is 1.58. The topological polar surface area (TPSA) is 69.0 Å². The van der Waals surface area contributed by atoms with Crippen LogP contribution in [0.25, 0.3) is 5.69 Å². The molecule has 1 aromatic carbocycles. The predicted molar refractivity (Wildman–Crippen MR) is 79.4 cm³/mol. The molecule has 0 aliphatic heterocycles. The minimum atomic E-state index is -0.523. The lowest BCUT2D eigenvalue weighted by Gasteiger charge is -2.19. The lowest BCUT2D eigenvalue weighted by atomic mass is 10.2. The van der Waals surface area contributed by atoms with Gasteiger partial charge in [0.05, 0.1) is 18.4 Å². The molecule has 0 unspecified atom stereocenters. The van der Waals surface area contributed by atoms with E-state index in [-0.39, 0.29) is 6.54 Å². The summed E-state index contributed by atoms with van der Waals surface area (Å²) in [6.45, 7) is 5.68. The van der Waals surface area contributed by atoms with Gasteiger partial charge in [-0.15, -0.1) is 5.10 Å². The van der Waals surface area contributed by atoms with Crippen LogP contribution in [0, 0.1) is 0 Å². The Morgan fingerprint density at radius 1 is 1.33 bits per heavy atom. The first-order chi connectivity index (χ1) is 9.83. The van der Waals surface area contributed by atoms with Crippen LogP contribution < -0.4 is 5.32 Å². The SMILES string of the molecule is CC(C)(C)OC(=O)NCc1cn(-c2ccc(Cl)cc2)nn1. The highest BCUT2D eigenvalue weighted by Gasteiger charge is 2.16. The summed E-state index contributed by atoms with van der Waals surface area (Å²) in [7, 11) is 0. The molecule has 2 aromatic rings. The third-order valence-electron chi connectivity index (χ3n) is 2.44. The lowest BCUT2D eigenvalue weighted by molar-refractivity contribution is 0.0523. The Labute approximate surface area is 128 Å². The van der Waals surface area contributed by atoms with Gasteiger partial charge in [-0.25, -0.2) is 9.48 Å². The Kier molecular flexibility index (Phi) is 4.47. The zero-order valence-electron chi connectivity index (χ0n) is 12.1. The van der Waals surface area contributed by atoms with Crippen LogP contribution in [-0.4, -0.2) is 26.7 Å². The van der Waals surface area contributed by atoms with Crippen molar-refractivity contribution in [3.8, 4) is 5.69 Å². The number of ether oxygens (including phenoxy) is 1. The second kappa shape index (κ2) is 6.13. The molecule has 112 valence electrons. The molecule has 0 fully saturated rings. The molecule has 0 radical (unpaired) electrons. The largest absolute Gasteiger partial charge is 0.444 e. The standard InChI is InChI=1S/C14H17ClN4O2/c1-14(2,3)21-13(20)16-8-11-9-19(18-17-11)12-6-4-10(15)5-7-12/h4-7,9H,8H2,1-3H3,(H,16,20). The first-order valence-electron chi connectivity index (χ1n) is 6.47. The number of alkyl carbamates (subject to hydrolysis) is 1. The molecule has 7 heteroatoms. The average Bonchev–Trinajstić information content (AvgIpc) is 2.84. The Morgan fingerprint density at radius 2 is 2.00 bits per heavy atom. The van der Waals surface area contributed by atoms with E-state index in [1.165, 1.54) is 0 Å². The second-order valence-corrected chi connectivity index (χ2v) is 5.92. The van der Waals surface area contributed by atoms with Gasteiger partial charge in [-0.3, -0.25) is 0 Å². The first kappa shape index (κ1) is 15.3. The minimum Gasteiger partial charge on any atom is -0.444 e. The molecule has 21 heavy (non-hydrogen) atoms. The van der Waals surface area contributed by atoms with Crippen molar-refractivity contribution in [2.45, 2.75) is 32.9 Å². The molecule has 6 nitrogen and oxygen atoms in total. The highest BCUT2D eigenvalue weighted by atomic mass is 35.5. The van der Waals surface area contributed by atoms with Gasteiger partial charge < -0.3 is 10.1 Å². The third-order valence-corrected chi connectivity index (χ3v) is 2.70. The third kappa shape index (κ3) is 4.75. The smallest absolute Gasteiger partial charge is 0.407 e. The number of aromatic nitrogens is 3. The number of halogens is 1. The van der Waals surface area contributed by atoms with Crippen molar-refractivity contribution in [2.24, 2.45) is 0 Å². The minimum absolute atomic E-state index is 0.252. The molecular formula is C14H17ClN4O2. The molecule has 1 N–H and O–H groups in total. The molecule has 0 spiro atoms. The molecule has 0 saturated carbocycles. The molecule has 1 amide bonds. The summed E-state index contributed by atoms with van der Waals surface area (Å²) in [5.74, 6) is 0. The van der Waals surface area contributed by atoms with Gasteiger partial charge in [-0.2, -0.15) is 0 Å². The van der Waals surface area contributed by atoms with E-state index in [1.807, 2.05) is 32.9 Å². The number of nitrogens with zero attached hydrogens (tertiary/aromatic N) is 3. The summed E-state index contributed by atoms with van der Waals surface area (Å²) in [5.41, 5.74) is 0.955. The van der Waals surface area contributed by atoms with E-state index < -0.39 is 11.7 Å². The maximum absolute atomic E-state index is 11.5. The number of rotatable bonds is 3. The number of benzene rings is 1. The zero-order chi connectivity index (χ0) is 15.5. The molecule has 1 heterocycles. The van der Waals surface area contributed by atoms with Gasteiger partial charge in [0.15, 0.2) is 0 Å². The highest BCUT2D eigenvalue weighted by Crippen LogP contribution is 2.12.